The quantitative estimate of drug-likeness (QED) is 0.772. The van der Waals surface area contributed by atoms with Crippen LogP contribution < -0.4 is 5.73 Å². The Kier molecular flexibility index (Phi) is 5.34. The summed E-state index contributed by atoms with van der Waals surface area (Å²) in [5.74, 6) is 0. The van der Waals surface area contributed by atoms with Crippen LogP contribution in [-0.4, -0.2) is 37.5 Å². The Morgan fingerprint density at radius 2 is 1.84 bits per heavy atom. The largest absolute Gasteiger partial charge is 0.397 e. The van der Waals surface area contributed by atoms with Crippen LogP contribution in [0.1, 0.15) is 24.5 Å². The summed E-state index contributed by atoms with van der Waals surface area (Å²) >= 11 is 0. The molecule has 0 unspecified atom stereocenters. The highest BCUT2D eigenvalue weighted by Gasteiger charge is 2.27. The van der Waals surface area contributed by atoms with Gasteiger partial charge in [0.05, 0.1) is 5.69 Å². The molecule has 3 N–H and O–H groups in total. The van der Waals surface area contributed by atoms with Crippen LogP contribution in [0.2, 0.25) is 0 Å². The fourth-order valence-electron chi connectivity index (χ4n) is 1.97. The molecule has 0 aliphatic rings. The zero-order valence-corrected chi connectivity index (χ0v) is 12.5. The number of nitrogen functional groups attached to an aromatic ring is 1. The molecular weight excluding hydrogens is 264 g/mol. The van der Waals surface area contributed by atoms with Gasteiger partial charge in [0.2, 0.25) is 10.0 Å². The maximum Gasteiger partial charge on any atom is 0.245 e. The number of anilines is 1. The van der Waals surface area contributed by atoms with E-state index in [2.05, 4.69) is 0 Å². The lowest BCUT2D eigenvalue weighted by molar-refractivity contribution is 0.271. The SMILES string of the molecule is CCN(CCCO)S(=O)(=O)c1c(C)ccc(C)c1N. The fourth-order valence-corrected chi connectivity index (χ4v) is 3.86. The van der Waals surface area contributed by atoms with Gasteiger partial charge in [0.25, 0.3) is 0 Å². The average molecular weight is 286 g/mol. The minimum atomic E-state index is -3.61. The summed E-state index contributed by atoms with van der Waals surface area (Å²) in [5, 5.41) is 8.85. The van der Waals surface area contributed by atoms with Gasteiger partial charge in [-0.25, -0.2) is 8.42 Å². The smallest absolute Gasteiger partial charge is 0.245 e. The molecular formula is C13H22N2O3S. The normalized spacial score (nSPS) is 12.1. The second-order valence-electron chi connectivity index (χ2n) is 4.52. The number of aliphatic hydroxyl groups is 1. The maximum absolute atomic E-state index is 12.6. The van der Waals surface area contributed by atoms with E-state index in [1.807, 2.05) is 6.07 Å². The third kappa shape index (κ3) is 3.26. The summed E-state index contributed by atoms with van der Waals surface area (Å²) in [6.07, 6.45) is 0.415. The molecule has 19 heavy (non-hydrogen) atoms. The molecule has 0 radical (unpaired) electrons. The van der Waals surface area contributed by atoms with Crippen molar-refractivity contribution in [3.05, 3.63) is 23.3 Å². The first-order valence-electron chi connectivity index (χ1n) is 6.33. The fraction of sp³-hybridized carbons (Fsp3) is 0.538. The average Bonchev–Trinajstić information content (AvgIpc) is 2.34. The Morgan fingerprint density at radius 3 is 2.37 bits per heavy atom. The van der Waals surface area contributed by atoms with Crippen LogP contribution in [0.25, 0.3) is 0 Å². The van der Waals surface area contributed by atoms with Crippen molar-refractivity contribution in [2.75, 3.05) is 25.4 Å². The Labute approximate surface area is 115 Å². The lowest BCUT2D eigenvalue weighted by Crippen LogP contribution is -2.33. The van der Waals surface area contributed by atoms with E-state index in [0.29, 0.717) is 30.8 Å². The molecule has 0 atom stereocenters. The molecule has 1 rings (SSSR count). The molecule has 0 heterocycles. The number of aliphatic hydroxyl groups excluding tert-OH is 1. The predicted molar refractivity (Wildman–Crippen MR) is 76.5 cm³/mol. The summed E-state index contributed by atoms with van der Waals surface area (Å²) < 4.78 is 26.6. The number of hydrogen-bond acceptors (Lipinski definition) is 4. The van der Waals surface area contributed by atoms with E-state index in [1.54, 1.807) is 26.8 Å². The van der Waals surface area contributed by atoms with Crippen molar-refractivity contribution in [3.8, 4) is 0 Å². The lowest BCUT2D eigenvalue weighted by Gasteiger charge is -2.22. The Bertz CT molecular complexity index is 541. The van der Waals surface area contributed by atoms with Gasteiger partial charge in [-0.3, -0.25) is 0 Å². The molecule has 0 amide bonds. The minimum absolute atomic E-state index is 0.0334. The highest BCUT2D eigenvalue weighted by atomic mass is 32.2. The Balaban J connectivity index is 3.30. The predicted octanol–water partition coefficient (Wildman–Crippen LogP) is 1.28. The van der Waals surface area contributed by atoms with Crippen LogP contribution in [0.5, 0.6) is 0 Å². The van der Waals surface area contributed by atoms with Gasteiger partial charge < -0.3 is 10.8 Å². The van der Waals surface area contributed by atoms with Crippen LogP contribution in [0, 0.1) is 13.8 Å². The molecule has 0 aliphatic carbocycles. The van der Waals surface area contributed by atoms with Gasteiger partial charge in [-0.2, -0.15) is 4.31 Å². The third-order valence-corrected chi connectivity index (χ3v) is 5.31. The molecule has 0 aliphatic heterocycles. The third-order valence-electron chi connectivity index (χ3n) is 3.13. The van der Waals surface area contributed by atoms with Crippen molar-refractivity contribution in [1.82, 2.24) is 4.31 Å². The van der Waals surface area contributed by atoms with Gasteiger partial charge in [-0.1, -0.05) is 19.1 Å². The van der Waals surface area contributed by atoms with Crippen molar-refractivity contribution in [2.24, 2.45) is 0 Å². The number of rotatable bonds is 6. The van der Waals surface area contributed by atoms with Crippen LogP contribution in [0.3, 0.4) is 0 Å². The zero-order valence-electron chi connectivity index (χ0n) is 11.7. The number of sulfonamides is 1. The standard InChI is InChI=1S/C13H22N2O3S/c1-4-15(8-5-9-16)19(17,18)13-11(3)7-6-10(2)12(13)14/h6-7,16H,4-5,8-9,14H2,1-3H3. The summed E-state index contributed by atoms with van der Waals surface area (Å²) in [4.78, 5) is 0.187. The molecule has 0 fully saturated rings. The zero-order chi connectivity index (χ0) is 14.6. The Hall–Kier alpha value is -1.11. The van der Waals surface area contributed by atoms with Crippen LogP contribution >= 0.6 is 0 Å². The molecule has 0 saturated carbocycles. The lowest BCUT2D eigenvalue weighted by atomic mass is 10.1. The molecule has 0 aromatic heterocycles. The van der Waals surface area contributed by atoms with Gasteiger partial charge in [0, 0.05) is 19.7 Å². The molecule has 5 nitrogen and oxygen atoms in total. The van der Waals surface area contributed by atoms with Crippen LogP contribution in [-0.2, 0) is 10.0 Å². The Morgan fingerprint density at radius 1 is 1.26 bits per heavy atom. The van der Waals surface area contributed by atoms with E-state index < -0.39 is 10.0 Å². The maximum atomic E-state index is 12.6. The van der Waals surface area contributed by atoms with E-state index in [4.69, 9.17) is 10.8 Å². The van der Waals surface area contributed by atoms with Gasteiger partial charge in [-0.15, -0.1) is 0 Å². The van der Waals surface area contributed by atoms with Crippen molar-refractivity contribution in [2.45, 2.75) is 32.1 Å². The van der Waals surface area contributed by atoms with E-state index >= 15 is 0 Å². The van der Waals surface area contributed by atoms with Gasteiger partial charge in [-0.05, 0) is 31.4 Å². The molecule has 6 heteroatoms. The number of benzene rings is 1. The number of aryl methyl sites for hydroxylation is 2. The van der Waals surface area contributed by atoms with Gasteiger partial charge >= 0.3 is 0 Å². The first kappa shape index (κ1) is 15.9. The van der Waals surface area contributed by atoms with Crippen molar-refractivity contribution in [3.63, 3.8) is 0 Å². The number of nitrogens with zero attached hydrogens (tertiary/aromatic N) is 1. The highest BCUT2D eigenvalue weighted by Crippen LogP contribution is 2.28. The van der Waals surface area contributed by atoms with Crippen LogP contribution in [0.15, 0.2) is 17.0 Å². The van der Waals surface area contributed by atoms with E-state index in [9.17, 15) is 8.42 Å². The second-order valence-corrected chi connectivity index (χ2v) is 6.39. The second kappa shape index (κ2) is 6.36. The van der Waals surface area contributed by atoms with Gasteiger partial charge in [0.15, 0.2) is 0 Å². The molecule has 0 spiro atoms. The van der Waals surface area contributed by atoms with Crippen molar-refractivity contribution >= 4 is 15.7 Å². The number of hydrogen-bond donors (Lipinski definition) is 2. The molecule has 0 saturated heterocycles. The number of nitrogens with two attached hydrogens (primary N) is 1. The topological polar surface area (TPSA) is 83.6 Å². The van der Waals surface area contributed by atoms with Crippen LogP contribution in [0.4, 0.5) is 5.69 Å². The van der Waals surface area contributed by atoms with E-state index in [-0.39, 0.29) is 11.5 Å². The van der Waals surface area contributed by atoms with Crippen molar-refractivity contribution < 1.29 is 13.5 Å². The van der Waals surface area contributed by atoms with Gasteiger partial charge in [0.1, 0.15) is 4.90 Å². The first-order chi connectivity index (χ1) is 8.86. The molecule has 1 aromatic carbocycles. The summed E-state index contributed by atoms with van der Waals surface area (Å²) in [7, 11) is -3.61. The van der Waals surface area contributed by atoms with E-state index in [0.717, 1.165) is 5.56 Å². The monoisotopic (exact) mass is 286 g/mol. The van der Waals surface area contributed by atoms with E-state index in [1.165, 1.54) is 4.31 Å². The summed E-state index contributed by atoms with van der Waals surface area (Å²) in [5.41, 5.74) is 7.64. The highest BCUT2D eigenvalue weighted by molar-refractivity contribution is 7.89. The molecule has 0 bridgehead atoms. The molecule has 108 valence electrons. The molecule has 1 aromatic rings. The first-order valence-corrected chi connectivity index (χ1v) is 7.77. The minimum Gasteiger partial charge on any atom is -0.397 e. The van der Waals surface area contributed by atoms with Crippen molar-refractivity contribution in [1.29, 1.82) is 0 Å². The summed E-state index contributed by atoms with van der Waals surface area (Å²) in [6.45, 7) is 5.92. The summed E-state index contributed by atoms with van der Waals surface area (Å²) in [6, 6.07) is 3.58.